The SMILES string of the molecule is CC(C)(C)OC(=O)CSc1n[nH]c(=O)c2cc(-c3ccco3)nn12. The summed E-state index contributed by atoms with van der Waals surface area (Å²) >= 11 is 1.13. The number of H-pyrrole nitrogens is 1. The van der Waals surface area contributed by atoms with Crippen molar-refractivity contribution in [1.29, 1.82) is 0 Å². The first-order valence-corrected chi connectivity index (χ1v) is 8.19. The van der Waals surface area contributed by atoms with Crippen LogP contribution in [0.25, 0.3) is 17.0 Å². The van der Waals surface area contributed by atoms with Gasteiger partial charge in [-0.1, -0.05) is 11.8 Å². The van der Waals surface area contributed by atoms with Gasteiger partial charge in [0.25, 0.3) is 5.56 Å². The van der Waals surface area contributed by atoms with E-state index in [9.17, 15) is 9.59 Å². The first-order chi connectivity index (χ1) is 11.3. The zero-order chi connectivity index (χ0) is 17.3. The van der Waals surface area contributed by atoms with Crippen molar-refractivity contribution in [3.05, 3.63) is 34.8 Å². The molecular weight excluding hydrogens is 332 g/mol. The van der Waals surface area contributed by atoms with Crippen LogP contribution >= 0.6 is 11.8 Å². The Kier molecular flexibility index (Phi) is 4.18. The second-order valence-electron chi connectivity index (χ2n) is 6.01. The summed E-state index contributed by atoms with van der Waals surface area (Å²) in [7, 11) is 0. The minimum atomic E-state index is -0.552. The number of fused-ring (bicyclic) bond motifs is 1. The van der Waals surface area contributed by atoms with E-state index in [-0.39, 0.29) is 17.3 Å². The fourth-order valence-electron chi connectivity index (χ4n) is 2.02. The molecule has 3 heterocycles. The lowest BCUT2D eigenvalue weighted by Gasteiger charge is -2.19. The lowest BCUT2D eigenvalue weighted by Crippen LogP contribution is -2.25. The molecule has 0 fully saturated rings. The Balaban J connectivity index is 1.87. The van der Waals surface area contributed by atoms with Gasteiger partial charge in [0, 0.05) is 6.07 Å². The van der Waals surface area contributed by atoms with E-state index < -0.39 is 5.60 Å². The van der Waals surface area contributed by atoms with Crippen LogP contribution in [0, 0.1) is 0 Å². The maximum absolute atomic E-state index is 11.9. The second kappa shape index (κ2) is 6.16. The van der Waals surface area contributed by atoms with Crippen molar-refractivity contribution < 1.29 is 13.9 Å². The topological polar surface area (TPSA) is 102 Å². The summed E-state index contributed by atoms with van der Waals surface area (Å²) in [6.07, 6.45) is 1.53. The van der Waals surface area contributed by atoms with Crippen LogP contribution < -0.4 is 5.56 Å². The molecule has 0 unspecified atom stereocenters. The van der Waals surface area contributed by atoms with Crippen LogP contribution in [0.15, 0.2) is 38.8 Å². The highest BCUT2D eigenvalue weighted by molar-refractivity contribution is 7.99. The number of hydrogen-bond donors (Lipinski definition) is 1. The number of nitrogens with one attached hydrogen (secondary N) is 1. The Hall–Kier alpha value is -2.55. The summed E-state index contributed by atoms with van der Waals surface area (Å²) in [5.41, 5.74) is -0.0913. The Morgan fingerprint density at radius 1 is 1.46 bits per heavy atom. The third-order valence-corrected chi connectivity index (χ3v) is 3.79. The predicted molar refractivity (Wildman–Crippen MR) is 87.9 cm³/mol. The molecule has 0 amide bonds. The van der Waals surface area contributed by atoms with Crippen LogP contribution in [0.3, 0.4) is 0 Å². The molecule has 8 nitrogen and oxygen atoms in total. The smallest absolute Gasteiger partial charge is 0.316 e. The highest BCUT2D eigenvalue weighted by Crippen LogP contribution is 2.22. The number of aromatic amines is 1. The molecule has 0 aliphatic heterocycles. The lowest BCUT2D eigenvalue weighted by molar-refractivity contribution is -0.151. The van der Waals surface area contributed by atoms with Crippen LogP contribution in [-0.2, 0) is 9.53 Å². The van der Waals surface area contributed by atoms with Gasteiger partial charge in [-0.25, -0.2) is 9.61 Å². The van der Waals surface area contributed by atoms with Crippen molar-refractivity contribution in [2.24, 2.45) is 0 Å². The number of hydrogen-bond acceptors (Lipinski definition) is 7. The van der Waals surface area contributed by atoms with Gasteiger partial charge in [0.15, 0.2) is 5.76 Å². The number of ether oxygens (including phenoxy) is 1. The first-order valence-electron chi connectivity index (χ1n) is 7.20. The average molecular weight is 348 g/mol. The third kappa shape index (κ3) is 3.51. The van der Waals surface area contributed by atoms with Crippen LogP contribution in [0.4, 0.5) is 0 Å². The van der Waals surface area contributed by atoms with Gasteiger partial charge in [0.05, 0.1) is 12.0 Å². The van der Waals surface area contributed by atoms with Gasteiger partial charge in [0.2, 0.25) is 5.16 Å². The van der Waals surface area contributed by atoms with E-state index in [0.717, 1.165) is 11.8 Å². The molecule has 0 radical (unpaired) electrons. The number of furan rings is 1. The fraction of sp³-hybridized carbons (Fsp3) is 0.333. The lowest BCUT2D eigenvalue weighted by atomic mass is 10.2. The molecule has 3 rings (SSSR count). The molecular formula is C15H16N4O4S. The summed E-state index contributed by atoms with van der Waals surface area (Å²) in [5.74, 6) is 0.231. The number of rotatable bonds is 4. The molecule has 0 atom stereocenters. The van der Waals surface area contributed by atoms with Crippen LogP contribution in [-0.4, -0.2) is 37.1 Å². The van der Waals surface area contributed by atoms with Crippen LogP contribution in [0.5, 0.6) is 0 Å². The monoisotopic (exact) mass is 348 g/mol. The molecule has 126 valence electrons. The highest BCUT2D eigenvalue weighted by atomic mass is 32.2. The predicted octanol–water partition coefficient (Wildman–Crippen LogP) is 2.11. The number of nitrogens with zero attached hydrogens (tertiary/aromatic N) is 3. The van der Waals surface area contributed by atoms with E-state index in [4.69, 9.17) is 9.15 Å². The Labute approximate surface area is 141 Å². The normalized spacial score (nSPS) is 11.8. The zero-order valence-corrected chi connectivity index (χ0v) is 14.2. The maximum Gasteiger partial charge on any atom is 0.316 e. The molecule has 0 aromatic carbocycles. The largest absolute Gasteiger partial charge is 0.463 e. The second-order valence-corrected chi connectivity index (χ2v) is 6.96. The zero-order valence-electron chi connectivity index (χ0n) is 13.4. The Morgan fingerprint density at radius 2 is 2.25 bits per heavy atom. The van der Waals surface area contributed by atoms with Gasteiger partial charge in [0.1, 0.15) is 16.8 Å². The van der Waals surface area contributed by atoms with E-state index in [1.807, 2.05) is 0 Å². The fourth-order valence-corrected chi connectivity index (χ4v) is 2.70. The summed E-state index contributed by atoms with van der Waals surface area (Å²) in [6, 6.07) is 5.09. The van der Waals surface area contributed by atoms with Crippen molar-refractivity contribution in [1.82, 2.24) is 19.8 Å². The average Bonchev–Trinajstić information content (AvgIpc) is 3.14. The van der Waals surface area contributed by atoms with Gasteiger partial charge in [-0.3, -0.25) is 9.59 Å². The Morgan fingerprint density at radius 3 is 2.92 bits per heavy atom. The molecule has 0 saturated heterocycles. The van der Waals surface area contributed by atoms with Crippen LogP contribution in [0.2, 0.25) is 0 Å². The maximum atomic E-state index is 11.9. The van der Waals surface area contributed by atoms with E-state index in [1.54, 1.807) is 39.0 Å². The minimum absolute atomic E-state index is 0.0569. The number of aromatic nitrogens is 4. The van der Waals surface area contributed by atoms with E-state index in [1.165, 1.54) is 10.8 Å². The van der Waals surface area contributed by atoms with Crippen molar-refractivity contribution in [2.45, 2.75) is 31.5 Å². The third-order valence-electron chi connectivity index (χ3n) is 2.89. The number of thioether (sulfide) groups is 1. The van der Waals surface area contributed by atoms with Crippen molar-refractivity contribution >= 4 is 23.2 Å². The van der Waals surface area contributed by atoms with Gasteiger partial charge in [-0.15, -0.1) is 5.10 Å². The highest BCUT2D eigenvalue weighted by Gasteiger charge is 2.18. The molecule has 0 saturated carbocycles. The van der Waals surface area contributed by atoms with Gasteiger partial charge >= 0.3 is 5.97 Å². The standard InChI is InChI=1S/C15H16N4O4S/c1-15(2,3)23-12(20)8-24-14-17-16-13(21)10-7-9(18-19(10)14)11-5-4-6-22-11/h4-7H,8H2,1-3H3,(H,16,21). The minimum Gasteiger partial charge on any atom is -0.463 e. The van der Waals surface area contributed by atoms with E-state index >= 15 is 0 Å². The summed E-state index contributed by atoms with van der Waals surface area (Å²) in [5, 5.41) is 11.1. The van der Waals surface area contributed by atoms with Gasteiger partial charge < -0.3 is 9.15 Å². The summed E-state index contributed by atoms with van der Waals surface area (Å²) in [6.45, 7) is 5.40. The molecule has 0 bridgehead atoms. The van der Waals surface area contributed by atoms with Gasteiger partial charge in [-0.05, 0) is 32.9 Å². The van der Waals surface area contributed by atoms with E-state index in [0.29, 0.717) is 22.1 Å². The number of carbonyl (C=O) groups is 1. The summed E-state index contributed by atoms with van der Waals surface area (Å²) < 4.78 is 11.9. The molecule has 0 aliphatic carbocycles. The van der Waals surface area contributed by atoms with Crippen molar-refractivity contribution in [2.75, 3.05) is 5.75 Å². The summed E-state index contributed by atoms with van der Waals surface area (Å²) in [4.78, 5) is 23.8. The van der Waals surface area contributed by atoms with Gasteiger partial charge in [-0.2, -0.15) is 5.10 Å². The molecule has 24 heavy (non-hydrogen) atoms. The molecule has 0 spiro atoms. The van der Waals surface area contributed by atoms with Crippen LogP contribution in [0.1, 0.15) is 20.8 Å². The van der Waals surface area contributed by atoms with Crippen molar-refractivity contribution in [3.63, 3.8) is 0 Å². The van der Waals surface area contributed by atoms with Crippen molar-refractivity contribution in [3.8, 4) is 11.5 Å². The molecule has 3 aromatic heterocycles. The number of carbonyl (C=O) groups excluding carboxylic acids is 1. The Bertz CT molecular complexity index is 921. The first kappa shape index (κ1) is 16.3. The molecule has 9 heteroatoms. The number of esters is 1. The quantitative estimate of drug-likeness (QED) is 0.569. The molecule has 1 N–H and O–H groups in total. The molecule has 3 aromatic rings. The van der Waals surface area contributed by atoms with E-state index in [2.05, 4.69) is 15.3 Å². The molecule has 0 aliphatic rings.